The highest BCUT2D eigenvalue weighted by Crippen LogP contribution is 2.08. The van der Waals surface area contributed by atoms with E-state index >= 15 is 0 Å². The van der Waals surface area contributed by atoms with E-state index in [1.165, 1.54) is 11.0 Å². The molecule has 0 saturated heterocycles. The number of nitrogens with one attached hydrogen (secondary N) is 2. The molecule has 0 aliphatic heterocycles. The van der Waals surface area contributed by atoms with Crippen LogP contribution in [0, 0.1) is 0 Å². The van der Waals surface area contributed by atoms with Gasteiger partial charge in [-0.3, -0.25) is 19.2 Å². The zero-order valence-corrected chi connectivity index (χ0v) is 17.5. The van der Waals surface area contributed by atoms with Crippen LogP contribution in [-0.2, 0) is 23.9 Å². The molecule has 30 heavy (non-hydrogen) atoms. The SMILES string of the molecule is C=CCNC(=O)CN(CC(=O)Nc1ccccc1)C(=O)CCCCCC(=O)OCC. The molecule has 0 bridgehead atoms. The van der Waals surface area contributed by atoms with Gasteiger partial charge in [0.05, 0.1) is 6.61 Å². The second-order valence-electron chi connectivity index (χ2n) is 6.62. The van der Waals surface area contributed by atoms with E-state index < -0.39 is 0 Å². The molecule has 0 fully saturated rings. The average molecular weight is 418 g/mol. The van der Waals surface area contributed by atoms with Gasteiger partial charge in [0.1, 0.15) is 13.1 Å². The van der Waals surface area contributed by atoms with Crippen molar-refractivity contribution in [2.75, 3.05) is 31.6 Å². The molecule has 3 amide bonds. The third-order valence-corrected chi connectivity index (χ3v) is 4.10. The highest BCUT2D eigenvalue weighted by Gasteiger charge is 2.20. The minimum atomic E-state index is -0.381. The molecule has 1 aromatic carbocycles. The van der Waals surface area contributed by atoms with Crippen LogP contribution in [0.1, 0.15) is 39.0 Å². The van der Waals surface area contributed by atoms with Crippen molar-refractivity contribution >= 4 is 29.4 Å². The lowest BCUT2D eigenvalue weighted by atomic mass is 10.1. The largest absolute Gasteiger partial charge is 0.466 e. The van der Waals surface area contributed by atoms with Crippen LogP contribution in [0.2, 0.25) is 0 Å². The predicted octanol–water partition coefficient (Wildman–Crippen LogP) is 2.27. The van der Waals surface area contributed by atoms with Gasteiger partial charge in [0.2, 0.25) is 17.7 Å². The van der Waals surface area contributed by atoms with Crippen LogP contribution in [-0.4, -0.2) is 54.8 Å². The fraction of sp³-hybridized carbons (Fsp3) is 0.455. The van der Waals surface area contributed by atoms with Crippen molar-refractivity contribution < 1.29 is 23.9 Å². The topological polar surface area (TPSA) is 105 Å². The molecule has 0 aromatic heterocycles. The summed E-state index contributed by atoms with van der Waals surface area (Å²) in [6.45, 7) is 5.49. The molecule has 0 spiro atoms. The number of amides is 3. The molecule has 0 aliphatic carbocycles. The molecule has 0 radical (unpaired) electrons. The molecular formula is C22H31N3O5. The molecule has 0 heterocycles. The first-order valence-electron chi connectivity index (χ1n) is 10.1. The third kappa shape index (κ3) is 11.0. The summed E-state index contributed by atoms with van der Waals surface area (Å²) in [6.07, 6.45) is 3.90. The number of benzene rings is 1. The first-order chi connectivity index (χ1) is 14.5. The van der Waals surface area contributed by atoms with Crippen LogP contribution in [0.25, 0.3) is 0 Å². The molecule has 0 saturated carbocycles. The van der Waals surface area contributed by atoms with Gasteiger partial charge in [0, 0.05) is 25.1 Å². The Morgan fingerprint density at radius 3 is 2.33 bits per heavy atom. The highest BCUT2D eigenvalue weighted by molar-refractivity contribution is 5.95. The quantitative estimate of drug-likeness (QED) is 0.274. The van der Waals surface area contributed by atoms with Gasteiger partial charge >= 0.3 is 5.97 Å². The van der Waals surface area contributed by atoms with Crippen molar-refractivity contribution in [2.45, 2.75) is 39.0 Å². The lowest BCUT2D eigenvalue weighted by Gasteiger charge is -2.22. The molecule has 1 rings (SSSR count). The van der Waals surface area contributed by atoms with Crippen molar-refractivity contribution in [1.82, 2.24) is 10.2 Å². The Morgan fingerprint density at radius 2 is 1.67 bits per heavy atom. The van der Waals surface area contributed by atoms with E-state index in [2.05, 4.69) is 17.2 Å². The van der Waals surface area contributed by atoms with Gasteiger partial charge in [-0.25, -0.2) is 0 Å². The summed E-state index contributed by atoms with van der Waals surface area (Å²) < 4.78 is 4.87. The standard InChI is InChI=1S/C22H31N3O5/c1-3-15-23-19(26)16-25(17-20(27)24-18-11-7-5-8-12-18)21(28)13-9-6-10-14-22(29)30-4-2/h3,5,7-8,11-12H,1,4,6,9-10,13-17H2,2H3,(H,23,26)(H,24,27). The van der Waals surface area contributed by atoms with E-state index in [4.69, 9.17) is 4.74 Å². The van der Waals surface area contributed by atoms with Crippen LogP contribution in [0.15, 0.2) is 43.0 Å². The Morgan fingerprint density at radius 1 is 1.00 bits per heavy atom. The van der Waals surface area contributed by atoms with Gasteiger partial charge in [-0.05, 0) is 31.9 Å². The summed E-state index contributed by atoms with van der Waals surface area (Å²) in [7, 11) is 0. The molecular weight excluding hydrogens is 386 g/mol. The van der Waals surface area contributed by atoms with E-state index in [1.54, 1.807) is 31.2 Å². The van der Waals surface area contributed by atoms with Crippen molar-refractivity contribution in [3.8, 4) is 0 Å². The van der Waals surface area contributed by atoms with Gasteiger partial charge < -0.3 is 20.3 Å². The summed E-state index contributed by atoms with van der Waals surface area (Å²) in [5, 5.41) is 5.32. The smallest absolute Gasteiger partial charge is 0.305 e. The Kier molecular flexibility index (Phi) is 12.3. The third-order valence-electron chi connectivity index (χ3n) is 4.10. The summed E-state index contributed by atoms with van der Waals surface area (Å²) in [6, 6.07) is 8.89. The highest BCUT2D eigenvalue weighted by atomic mass is 16.5. The zero-order valence-electron chi connectivity index (χ0n) is 17.5. The maximum Gasteiger partial charge on any atom is 0.305 e. The number of hydrogen-bond donors (Lipinski definition) is 2. The number of para-hydroxylation sites is 1. The number of unbranched alkanes of at least 4 members (excludes halogenated alkanes) is 2. The maximum absolute atomic E-state index is 12.6. The summed E-state index contributed by atoms with van der Waals surface area (Å²) in [4.78, 5) is 49.5. The average Bonchev–Trinajstić information content (AvgIpc) is 2.72. The molecule has 0 atom stereocenters. The summed E-state index contributed by atoms with van der Waals surface area (Å²) in [5.74, 6) is -1.28. The number of nitrogens with zero attached hydrogens (tertiary/aromatic N) is 1. The number of esters is 1. The molecule has 1 aromatic rings. The molecule has 0 unspecified atom stereocenters. The van der Waals surface area contributed by atoms with Crippen LogP contribution < -0.4 is 10.6 Å². The van der Waals surface area contributed by atoms with Crippen molar-refractivity contribution in [3.05, 3.63) is 43.0 Å². The Balaban J connectivity index is 2.55. The normalized spacial score (nSPS) is 10.0. The fourth-order valence-electron chi connectivity index (χ4n) is 2.66. The number of carbonyl (C=O) groups excluding carboxylic acids is 4. The molecule has 8 heteroatoms. The number of hydrogen-bond acceptors (Lipinski definition) is 5. The van der Waals surface area contributed by atoms with Crippen LogP contribution in [0.4, 0.5) is 5.69 Å². The summed E-state index contributed by atoms with van der Waals surface area (Å²) in [5.41, 5.74) is 0.616. The van der Waals surface area contributed by atoms with E-state index in [9.17, 15) is 19.2 Å². The summed E-state index contributed by atoms with van der Waals surface area (Å²) >= 11 is 0. The van der Waals surface area contributed by atoms with Crippen molar-refractivity contribution in [2.24, 2.45) is 0 Å². The van der Waals surface area contributed by atoms with Crippen LogP contribution in [0.5, 0.6) is 0 Å². The molecule has 8 nitrogen and oxygen atoms in total. The molecule has 2 N–H and O–H groups in total. The van der Waals surface area contributed by atoms with E-state index in [1.807, 2.05) is 6.07 Å². The zero-order chi connectivity index (χ0) is 22.2. The van der Waals surface area contributed by atoms with Gasteiger partial charge in [0.15, 0.2) is 0 Å². The maximum atomic E-state index is 12.6. The van der Waals surface area contributed by atoms with Crippen molar-refractivity contribution in [3.63, 3.8) is 0 Å². The Hall–Kier alpha value is -3.16. The van der Waals surface area contributed by atoms with Crippen LogP contribution >= 0.6 is 0 Å². The Bertz CT molecular complexity index is 706. The first kappa shape index (κ1) is 24.9. The molecule has 0 aliphatic rings. The minimum absolute atomic E-state index is 0.191. The minimum Gasteiger partial charge on any atom is -0.466 e. The predicted molar refractivity (Wildman–Crippen MR) is 115 cm³/mol. The van der Waals surface area contributed by atoms with E-state index in [-0.39, 0.29) is 49.7 Å². The van der Waals surface area contributed by atoms with E-state index in [0.717, 1.165) is 0 Å². The van der Waals surface area contributed by atoms with Gasteiger partial charge in [-0.15, -0.1) is 6.58 Å². The lowest BCUT2D eigenvalue weighted by molar-refractivity contribution is -0.143. The number of rotatable bonds is 14. The van der Waals surface area contributed by atoms with Gasteiger partial charge in [0.25, 0.3) is 0 Å². The first-order valence-corrected chi connectivity index (χ1v) is 10.1. The Labute approximate surface area is 177 Å². The number of ether oxygens (including phenoxy) is 1. The second kappa shape index (κ2) is 14.8. The fourth-order valence-corrected chi connectivity index (χ4v) is 2.66. The van der Waals surface area contributed by atoms with Crippen LogP contribution in [0.3, 0.4) is 0 Å². The second-order valence-corrected chi connectivity index (χ2v) is 6.62. The number of carbonyl (C=O) groups is 4. The monoisotopic (exact) mass is 417 g/mol. The number of anilines is 1. The van der Waals surface area contributed by atoms with Gasteiger partial charge in [-0.2, -0.15) is 0 Å². The lowest BCUT2D eigenvalue weighted by Crippen LogP contribution is -2.44. The molecule has 164 valence electrons. The van der Waals surface area contributed by atoms with Crippen molar-refractivity contribution in [1.29, 1.82) is 0 Å². The van der Waals surface area contributed by atoms with Gasteiger partial charge in [-0.1, -0.05) is 30.7 Å². The van der Waals surface area contributed by atoms with E-state index in [0.29, 0.717) is 38.0 Å².